The second kappa shape index (κ2) is 8.66. The molecule has 7 nitrogen and oxygen atoms in total. The average molecular weight is 308 g/mol. The summed E-state index contributed by atoms with van der Waals surface area (Å²) < 4.78 is 10.2. The van der Waals surface area contributed by atoms with Gasteiger partial charge in [-0.05, 0) is 25.0 Å². The van der Waals surface area contributed by atoms with E-state index >= 15 is 0 Å². The highest BCUT2D eigenvalue weighted by Crippen LogP contribution is 2.19. The van der Waals surface area contributed by atoms with Gasteiger partial charge in [0.1, 0.15) is 5.75 Å². The number of methoxy groups -OCH3 is 1. The van der Waals surface area contributed by atoms with Crippen LogP contribution in [0.4, 0.5) is 4.79 Å². The number of carbonyl (C=O) groups excluding carboxylic acids is 3. The fraction of sp³-hybridized carbons (Fsp3) is 0.400. The third-order valence-corrected chi connectivity index (χ3v) is 2.93. The normalized spacial score (nSPS) is 11.2. The van der Waals surface area contributed by atoms with Crippen LogP contribution in [-0.2, 0) is 20.7 Å². The Kier molecular flexibility index (Phi) is 6.88. The maximum atomic E-state index is 11.7. The zero-order chi connectivity index (χ0) is 16.5. The number of rotatable bonds is 6. The molecule has 3 amide bonds. The SMILES string of the molecule is CNC(=O)NC(=O)C(C)OC(=O)CCc1ccccc1OC. The summed E-state index contributed by atoms with van der Waals surface area (Å²) in [7, 11) is 2.94. The molecule has 0 aliphatic rings. The first kappa shape index (κ1) is 17.5. The van der Waals surface area contributed by atoms with Crippen LogP contribution in [0.1, 0.15) is 18.9 Å². The Labute approximate surface area is 129 Å². The number of ether oxygens (including phenoxy) is 2. The van der Waals surface area contributed by atoms with Gasteiger partial charge in [-0.1, -0.05) is 18.2 Å². The van der Waals surface area contributed by atoms with Gasteiger partial charge in [0.05, 0.1) is 7.11 Å². The van der Waals surface area contributed by atoms with Crippen LogP contribution in [-0.4, -0.2) is 38.2 Å². The number of urea groups is 1. The highest BCUT2D eigenvalue weighted by atomic mass is 16.5. The predicted molar refractivity (Wildman–Crippen MR) is 79.5 cm³/mol. The zero-order valence-corrected chi connectivity index (χ0v) is 12.8. The van der Waals surface area contributed by atoms with Crippen LogP contribution < -0.4 is 15.4 Å². The lowest BCUT2D eigenvalue weighted by Crippen LogP contribution is -2.43. The molecule has 0 radical (unpaired) electrons. The number of esters is 1. The van der Waals surface area contributed by atoms with Crippen LogP contribution in [0.15, 0.2) is 24.3 Å². The Balaban J connectivity index is 2.46. The number of aryl methyl sites for hydroxylation is 1. The molecule has 1 rings (SSSR count). The van der Waals surface area contributed by atoms with Crippen LogP contribution >= 0.6 is 0 Å². The number of amides is 3. The minimum absolute atomic E-state index is 0.109. The van der Waals surface area contributed by atoms with E-state index in [-0.39, 0.29) is 6.42 Å². The van der Waals surface area contributed by atoms with Crippen molar-refractivity contribution >= 4 is 17.9 Å². The van der Waals surface area contributed by atoms with Gasteiger partial charge in [-0.25, -0.2) is 4.79 Å². The Morgan fingerprint density at radius 2 is 1.91 bits per heavy atom. The van der Waals surface area contributed by atoms with Crippen molar-refractivity contribution in [2.45, 2.75) is 25.9 Å². The second-order valence-electron chi connectivity index (χ2n) is 4.51. The van der Waals surface area contributed by atoms with Crippen LogP contribution in [0.3, 0.4) is 0 Å². The van der Waals surface area contributed by atoms with Crippen molar-refractivity contribution < 1.29 is 23.9 Å². The van der Waals surface area contributed by atoms with Gasteiger partial charge in [0.25, 0.3) is 5.91 Å². The largest absolute Gasteiger partial charge is 0.496 e. The number of nitrogens with one attached hydrogen (secondary N) is 2. The smallest absolute Gasteiger partial charge is 0.321 e. The Hall–Kier alpha value is -2.57. The van der Waals surface area contributed by atoms with Crippen molar-refractivity contribution in [2.24, 2.45) is 0 Å². The number of imide groups is 1. The fourth-order valence-corrected chi connectivity index (χ4v) is 1.73. The molecule has 0 bridgehead atoms. The first-order valence-corrected chi connectivity index (χ1v) is 6.82. The molecule has 7 heteroatoms. The fourth-order valence-electron chi connectivity index (χ4n) is 1.73. The number of hydrogen-bond acceptors (Lipinski definition) is 5. The maximum Gasteiger partial charge on any atom is 0.321 e. The van der Waals surface area contributed by atoms with Gasteiger partial charge < -0.3 is 14.8 Å². The molecule has 0 saturated heterocycles. The standard InChI is InChI=1S/C15H20N2O5/c1-10(14(19)17-15(20)16-2)22-13(18)9-8-11-6-4-5-7-12(11)21-3/h4-7,10H,8-9H2,1-3H3,(H2,16,17,19,20). The van der Waals surface area contributed by atoms with E-state index in [2.05, 4.69) is 5.32 Å². The summed E-state index contributed by atoms with van der Waals surface area (Å²) in [6, 6.07) is 6.70. The summed E-state index contributed by atoms with van der Waals surface area (Å²) >= 11 is 0. The molecule has 0 saturated carbocycles. The molecule has 0 aromatic heterocycles. The zero-order valence-electron chi connectivity index (χ0n) is 12.8. The minimum Gasteiger partial charge on any atom is -0.496 e. The summed E-state index contributed by atoms with van der Waals surface area (Å²) in [6.07, 6.45) is -0.493. The van der Waals surface area contributed by atoms with Gasteiger partial charge in [0, 0.05) is 13.5 Å². The van der Waals surface area contributed by atoms with Gasteiger partial charge in [0.2, 0.25) is 0 Å². The molecule has 1 unspecified atom stereocenters. The predicted octanol–water partition coefficient (Wildman–Crippen LogP) is 1.02. The van der Waals surface area contributed by atoms with Crippen molar-refractivity contribution in [3.63, 3.8) is 0 Å². The third-order valence-electron chi connectivity index (χ3n) is 2.93. The molecule has 120 valence electrons. The Morgan fingerprint density at radius 3 is 2.55 bits per heavy atom. The molecule has 0 spiro atoms. The van der Waals surface area contributed by atoms with E-state index in [0.29, 0.717) is 12.2 Å². The van der Waals surface area contributed by atoms with Crippen molar-refractivity contribution in [2.75, 3.05) is 14.2 Å². The molecular weight excluding hydrogens is 288 g/mol. The van der Waals surface area contributed by atoms with Crippen LogP contribution in [0, 0.1) is 0 Å². The minimum atomic E-state index is -1.04. The van der Waals surface area contributed by atoms with E-state index in [4.69, 9.17) is 9.47 Å². The van der Waals surface area contributed by atoms with E-state index in [9.17, 15) is 14.4 Å². The summed E-state index contributed by atoms with van der Waals surface area (Å²) in [5.74, 6) is -0.504. The van der Waals surface area contributed by atoms with Crippen LogP contribution in [0.2, 0.25) is 0 Å². The molecular formula is C15H20N2O5. The first-order chi connectivity index (χ1) is 10.5. The molecule has 2 N–H and O–H groups in total. The number of hydrogen-bond donors (Lipinski definition) is 2. The second-order valence-corrected chi connectivity index (χ2v) is 4.51. The molecule has 0 aliphatic carbocycles. The molecule has 1 aromatic carbocycles. The van der Waals surface area contributed by atoms with E-state index in [1.165, 1.54) is 14.0 Å². The van der Waals surface area contributed by atoms with Gasteiger partial charge in [-0.3, -0.25) is 14.9 Å². The lowest BCUT2D eigenvalue weighted by molar-refractivity contribution is -0.154. The van der Waals surface area contributed by atoms with Crippen molar-refractivity contribution in [3.05, 3.63) is 29.8 Å². The van der Waals surface area contributed by atoms with Crippen LogP contribution in [0.25, 0.3) is 0 Å². The molecule has 22 heavy (non-hydrogen) atoms. The van der Waals surface area contributed by atoms with Crippen LogP contribution in [0.5, 0.6) is 5.75 Å². The van der Waals surface area contributed by atoms with Crippen molar-refractivity contribution in [1.29, 1.82) is 0 Å². The molecule has 0 heterocycles. The summed E-state index contributed by atoms with van der Waals surface area (Å²) in [4.78, 5) is 34.3. The number of carbonyl (C=O) groups is 3. The van der Waals surface area contributed by atoms with Gasteiger partial charge in [-0.2, -0.15) is 0 Å². The van der Waals surface area contributed by atoms with Crippen molar-refractivity contribution in [1.82, 2.24) is 10.6 Å². The topological polar surface area (TPSA) is 93.7 Å². The highest BCUT2D eigenvalue weighted by Gasteiger charge is 2.19. The Morgan fingerprint density at radius 1 is 1.23 bits per heavy atom. The molecule has 1 atom stereocenters. The van der Waals surface area contributed by atoms with E-state index in [1.807, 2.05) is 23.5 Å². The van der Waals surface area contributed by atoms with E-state index in [1.54, 1.807) is 13.2 Å². The third kappa shape index (κ3) is 5.43. The van der Waals surface area contributed by atoms with E-state index < -0.39 is 24.0 Å². The average Bonchev–Trinajstić information content (AvgIpc) is 2.52. The summed E-state index contributed by atoms with van der Waals surface area (Å²) in [6.45, 7) is 1.40. The monoisotopic (exact) mass is 308 g/mol. The number of para-hydroxylation sites is 1. The lowest BCUT2D eigenvalue weighted by atomic mass is 10.1. The van der Waals surface area contributed by atoms with Crippen molar-refractivity contribution in [3.8, 4) is 5.75 Å². The highest BCUT2D eigenvalue weighted by molar-refractivity contribution is 5.96. The first-order valence-electron chi connectivity index (χ1n) is 6.82. The molecule has 1 aromatic rings. The quantitative estimate of drug-likeness (QED) is 0.765. The summed E-state index contributed by atoms with van der Waals surface area (Å²) in [5.41, 5.74) is 0.879. The van der Waals surface area contributed by atoms with E-state index in [0.717, 1.165) is 5.56 Å². The van der Waals surface area contributed by atoms with Gasteiger partial charge in [0.15, 0.2) is 6.10 Å². The van der Waals surface area contributed by atoms with Gasteiger partial charge in [-0.15, -0.1) is 0 Å². The maximum absolute atomic E-state index is 11.7. The Bertz CT molecular complexity index is 544. The molecule has 0 fully saturated rings. The lowest BCUT2D eigenvalue weighted by Gasteiger charge is -2.13. The molecule has 0 aliphatic heterocycles. The summed E-state index contributed by atoms with van der Waals surface area (Å²) in [5, 5.41) is 4.28. The number of benzene rings is 1. The van der Waals surface area contributed by atoms with Gasteiger partial charge >= 0.3 is 12.0 Å².